The number of carbonyl (C=O) groups excluding carboxylic acids is 2. The molecule has 1 N–H and O–H groups in total. The van der Waals surface area contributed by atoms with E-state index in [0.717, 1.165) is 28.4 Å². The first-order valence-corrected chi connectivity index (χ1v) is 10.2. The highest BCUT2D eigenvalue weighted by Crippen LogP contribution is 2.27. The number of aryl methyl sites for hydroxylation is 1. The van der Waals surface area contributed by atoms with Gasteiger partial charge in [0.25, 0.3) is 11.8 Å². The van der Waals surface area contributed by atoms with E-state index in [2.05, 4.69) is 9.99 Å². The maximum atomic E-state index is 12.9. The zero-order valence-electron chi connectivity index (χ0n) is 18.0. The zero-order valence-corrected chi connectivity index (χ0v) is 18.0. The van der Waals surface area contributed by atoms with Crippen LogP contribution in [0, 0.1) is 13.8 Å². The molecular weight excluding hydrogens is 390 g/mol. The van der Waals surface area contributed by atoms with Crippen LogP contribution >= 0.6 is 0 Å². The van der Waals surface area contributed by atoms with Crippen LogP contribution in [0.3, 0.4) is 0 Å². The first-order valence-electron chi connectivity index (χ1n) is 10.2. The number of benzene rings is 2. The van der Waals surface area contributed by atoms with Crippen LogP contribution in [0.5, 0.6) is 5.75 Å². The third-order valence-corrected chi connectivity index (χ3v) is 5.14. The third kappa shape index (κ3) is 3.97. The predicted molar refractivity (Wildman–Crippen MR) is 121 cm³/mol. The molecule has 3 aromatic rings. The second-order valence-electron chi connectivity index (χ2n) is 7.80. The lowest BCUT2D eigenvalue weighted by Crippen LogP contribution is -2.35. The van der Waals surface area contributed by atoms with Crippen molar-refractivity contribution in [2.75, 3.05) is 5.01 Å². The molecule has 6 heteroatoms. The van der Waals surface area contributed by atoms with Crippen LogP contribution in [-0.4, -0.2) is 22.5 Å². The molecule has 2 amide bonds. The number of nitrogens with one attached hydrogen (secondary N) is 1. The van der Waals surface area contributed by atoms with Crippen LogP contribution < -0.4 is 15.2 Å². The molecule has 1 aromatic heterocycles. The van der Waals surface area contributed by atoms with Crippen molar-refractivity contribution in [3.63, 3.8) is 0 Å². The van der Waals surface area contributed by atoms with Gasteiger partial charge >= 0.3 is 0 Å². The monoisotopic (exact) mass is 415 g/mol. The highest BCUT2D eigenvalue weighted by atomic mass is 16.5. The van der Waals surface area contributed by atoms with Crippen molar-refractivity contribution < 1.29 is 14.3 Å². The van der Waals surface area contributed by atoms with E-state index in [4.69, 9.17) is 4.74 Å². The molecule has 1 aliphatic heterocycles. The number of hydrogen-bond donors (Lipinski definition) is 1. The van der Waals surface area contributed by atoms with Gasteiger partial charge in [-0.05, 0) is 81.8 Å². The summed E-state index contributed by atoms with van der Waals surface area (Å²) in [7, 11) is 0. The Kier molecular flexibility index (Phi) is 5.38. The van der Waals surface area contributed by atoms with Gasteiger partial charge in [-0.2, -0.15) is 0 Å². The van der Waals surface area contributed by atoms with Gasteiger partial charge in [0, 0.05) is 17.1 Å². The van der Waals surface area contributed by atoms with Crippen LogP contribution in [0.4, 0.5) is 5.69 Å². The zero-order chi connectivity index (χ0) is 22.1. The molecule has 1 fully saturated rings. The van der Waals surface area contributed by atoms with Gasteiger partial charge in [0.1, 0.15) is 11.3 Å². The summed E-state index contributed by atoms with van der Waals surface area (Å²) >= 11 is 0. The number of ether oxygens (including phenoxy) is 1. The Labute approximate surface area is 181 Å². The Morgan fingerprint density at radius 2 is 1.61 bits per heavy atom. The summed E-state index contributed by atoms with van der Waals surface area (Å²) < 4.78 is 7.82. The summed E-state index contributed by atoms with van der Waals surface area (Å²) in [5.41, 5.74) is 7.15. The smallest absolute Gasteiger partial charge is 0.282 e. The number of anilines is 1. The molecule has 2 heterocycles. The van der Waals surface area contributed by atoms with Crippen LogP contribution in [0.15, 0.2) is 66.2 Å². The quantitative estimate of drug-likeness (QED) is 0.498. The molecule has 6 nitrogen and oxygen atoms in total. The summed E-state index contributed by atoms with van der Waals surface area (Å²) in [6.45, 7) is 7.96. The largest absolute Gasteiger partial charge is 0.491 e. The fraction of sp³-hybridized carbons (Fsp3) is 0.200. The maximum absolute atomic E-state index is 12.9. The van der Waals surface area contributed by atoms with Gasteiger partial charge in [0.2, 0.25) is 0 Å². The Hall–Kier alpha value is -3.80. The molecule has 0 radical (unpaired) electrons. The number of amides is 2. The number of para-hydroxylation sites is 1. The van der Waals surface area contributed by atoms with E-state index in [0.29, 0.717) is 5.69 Å². The summed E-state index contributed by atoms with van der Waals surface area (Å²) in [6.07, 6.45) is 1.78. The minimum absolute atomic E-state index is 0.115. The van der Waals surface area contributed by atoms with E-state index in [-0.39, 0.29) is 17.6 Å². The lowest BCUT2D eigenvalue weighted by Gasteiger charge is -2.14. The van der Waals surface area contributed by atoms with Gasteiger partial charge in [-0.15, -0.1) is 0 Å². The van der Waals surface area contributed by atoms with Crippen molar-refractivity contribution in [1.29, 1.82) is 0 Å². The van der Waals surface area contributed by atoms with Crippen LogP contribution in [0.2, 0.25) is 0 Å². The van der Waals surface area contributed by atoms with Crippen molar-refractivity contribution in [1.82, 2.24) is 9.99 Å². The van der Waals surface area contributed by atoms with Crippen LogP contribution in [-0.2, 0) is 9.59 Å². The molecule has 2 aromatic carbocycles. The van der Waals surface area contributed by atoms with E-state index in [1.54, 1.807) is 18.2 Å². The standard InChI is InChI=1S/C25H25N3O3/c1-16(2)31-22-12-10-20(11-13-22)27-17(3)14-19(18(27)4)15-23-24(29)26-28(25(23)30)21-8-6-5-7-9-21/h5-16H,1-4H3,(H,26,29). The lowest BCUT2D eigenvalue weighted by atomic mass is 10.1. The van der Waals surface area contributed by atoms with Gasteiger partial charge < -0.3 is 9.30 Å². The van der Waals surface area contributed by atoms with Crippen molar-refractivity contribution in [3.8, 4) is 11.4 Å². The molecule has 158 valence electrons. The SMILES string of the molecule is Cc1cc(C=C2C(=O)NN(c3ccccc3)C2=O)c(C)n1-c1ccc(OC(C)C)cc1. The maximum Gasteiger partial charge on any atom is 0.282 e. The van der Waals surface area contributed by atoms with Gasteiger partial charge in [-0.25, -0.2) is 5.01 Å². The molecule has 1 saturated heterocycles. The van der Waals surface area contributed by atoms with Crippen molar-refractivity contribution in [3.05, 3.63) is 83.2 Å². The number of aromatic nitrogens is 1. The fourth-order valence-electron chi connectivity index (χ4n) is 3.75. The molecule has 0 saturated carbocycles. The first kappa shape index (κ1) is 20.5. The van der Waals surface area contributed by atoms with Gasteiger partial charge in [-0.1, -0.05) is 18.2 Å². The molecular formula is C25H25N3O3. The Morgan fingerprint density at radius 3 is 2.26 bits per heavy atom. The Bertz CT molecular complexity index is 1160. The average molecular weight is 415 g/mol. The lowest BCUT2D eigenvalue weighted by molar-refractivity contribution is -0.117. The normalized spacial score (nSPS) is 15.1. The fourth-order valence-corrected chi connectivity index (χ4v) is 3.75. The van der Waals surface area contributed by atoms with Gasteiger partial charge in [0.05, 0.1) is 11.8 Å². The molecule has 0 atom stereocenters. The molecule has 0 aliphatic carbocycles. The second-order valence-corrected chi connectivity index (χ2v) is 7.80. The van der Waals surface area contributed by atoms with E-state index < -0.39 is 5.91 Å². The minimum Gasteiger partial charge on any atom is -0.491 e. The summed E-state index contributed by atoms with van der Waals surface area (Å²) in [6, 6.07) is 18.9. The van der Waals surface area contributed by atoms with Crippen LogP contribution in [0.25, 0.3) is 11.8 Å². The summed E-state index contributed by atoms with van der Waals surface area (Å²) in [5, 5.41) is 1.28. The molecule has 0 spiro atoms. The van der Waals surface area contributed by atoms with E-state index in [1.807, 2.05) is 76.2 Å². The number of nitrogens with zero attached hydrogens (tertiary/aromatic N) is 2. The average Bonchev–Trinajstić information content (AvgIpc) is 3.19. The van der Waals surface area contributed by atoms with Gasteiger partial charge in [0.15, 0.2) is 0 Å². The highest BCUT2D eigenvalue weighted by Gasteiger charge is 2.34. The Morgan fingerprint density at radius 1 is 0.935 bits per heavy atom. The molecule has 1 aliphatic rings. The number of hydrogen-bond acceptors (Lipinski definition) is 3. The molecule has 4 rings (SSSR count). The predicted octanol–water partition coefficient (Wildman–Crippen LogP) is 4.34. The van der Waals surface area contributed by atoms with Crippen molar-refractivity contribution in [2.24, 2.45) is 0 Å². The first-order chi connectivity index (χ1) is 14.8. The van der Waals surface area contributed by atoms with E-state index in [1.165, 1.54) is 5.01 Å². The summed E-state index contributed by atoms with van der Waals surface area (Å²) in [4.78, 5) is 25.4. The number of hydrazine groups is 1. The van der Waals surface area contributed by atoms with Crippen LogP contribution in [0.1, 0.15) is 30.8 Å². The minimum atomic E-state index is -0.408. The van der Waals surface area contributed by atoms with Crippen molar-refractivity contribution in [2.45, 2.75) is 33.8 Å². The highest BCUT2D eigenvalue weighted by molar-refractivity contribution is 6.31. The summed E-state index contributed by atoms with van der Waals surface area (Å²) in [5.74, 6) is 0.0443. The van der Waals surface area contributed by atoms with E-state index in [9.17, 15) is 9.59 Å². The third-order valence-electron chi connectivity index (χ3n) is 5.14. The number of carbonyl (C=O) groups is 2. The molecule has 0 bridgehead atoms. The topological polar surface area (TPSA) is 63.6 Å². The second kappa shape index (κ2) is 8.14. The van der Waals surface area contributed by atoms with Gasteiger partial charge in [-0.3, -0.25) is 15.0 Å². The van der Waals surface area contributed by atoms with E-state index >= 15 is 0 Å². The number of rotatable bonds is 5. The van der Waals surface area contributed by atoms with Crippen molar-refractivity contribution >= 4 is 23.6 Å². The molecule has 31 heavy (non-hydrogen) atoms. The molecule has 0 unspecified atom stereocenters. The Balaban J connectivity index is 1.65.